The Balaban J connectivity index is 2.06. The van der Waals surface area contributed by atoms with Crippen LogP contribution in [0.2, 0.25) is 0 Å². The van der Waals surface area contributed by atoms with Gasteiger partial charge in [0.15, 0.2) is 0 Å². The van der Waals surface area contributed by atoms with Crippen molar-refractivity contribution in [1.82, 2.24) is 0 Å². The third-order valence-corrected chi connectivity index (χ3v) is 2.38. The minimum absolute atomic E-state index is 0.122. The molecular weight excluding hydrogens is 180 g/mol. The van der Waals surface area contributed by atoms with E-state index in [0.29, 0.717) is 12.8 Å². The zero-order valence-corrected chi connectivity index (χ0v) is 8.54. The SMILES string of the molecule is C=CCCC(=O)OOC1CCCCC1. The molecule has 3 heteroatoms. The number of allylic oxidation sites excluding steroid dienone is 1. The van der Waals surface area contributed by atoms with Gasteiger partial charge in [-0.3, -0.25) is 4.89 Å². The number of hydrogen-bond acceptors (Lipinski definition) is 3. The van der Waals surface area contributed by atoms with Crippen LogP contribution >= 0.6 is 0 Å². The zero-order chi connectivity index (χ0) is 10.2. The second kappa shape index (κ2) is 6.60. The van der Waals surface area contributed by atoms with E-state index >= 15 is 0 Å². The van der Waals surface area contributed by atoms with Gasteiger partial charge in [-0.05, 0) is 19.3 Å². The maximum atomic E-state index is 11.0. The van der Waals surface area contributed by atoms with Crippen LogP contribution in [-0.4, -0.2) is 12.1 Å². The van der Waals surface area contributed by atoms with Gasteiger partial charge in [-0.1, -0.05) is 25.3 Å². The topological polar surface area (TPSA) is 35.5 Å². The van der Waals surface area contributed by atoms with E-state index in [1.165, 1.54) is 19.3 Å². The highest BCUT2D eigenvalue weighted by molar-refractivity contribution is 5.68. The van der Waals surface area contributed by atoms with Crippen LogP contribution in [0.15, 0.2) is 12.7 Å². The first kappa shape index (κ1) is 11.2. The summed E-state index contributed by atoms with van der Waals surface area (Å²) in [6.07, 6.45) is 8.46. The molecule has 1 saturated carbocycles. The van der Waals surface area contributed by atoms with Gasteiger partial charge < -0.3 is 0 Å². The van der Waals surface area contributed by atoms with Crippen LogP contribution < -0.4 is 0 Å². The highest BCUT2D eigenvalue weighted by Gasteiger charge is 2.16. The Hall–Kier alpha value is -0.830. The Kier molecular flexibility index (Phi) is 5.30. The first-order chi connectivity index (χ1) is 6.83. The monoisotopic (exact) mass is 198 g/mol. The summed E-state index contributed by atoms with van der Waals surface area (Å²) in [5, 5.41) is 0. The lowest BCUT2D eigenvalue weighted by molar-refractivity contribution is -0.302. The lowest BCUT2D eigenvalue weighted by atomic mass is 9.98. The number of hydrogen-bond donors (Lipinski definition) is 0. The predicted octanol–water partition coefficient (Wildman–Crippen LogP) is 2.76. The van der Waals surface area contributed by atoms with Crippen molar-refractivity contribution in [2.24, 2.45) is 0 Å². The molecule has 0 radical (unpaired) electrons. The van der Waals surface area contributed by atoms with E-state index < -0.39 is 0 Å². The molecule has 14 heavy (non-hydrogen) atoms. The number of carbonyl (C=O) groups is 1. The van der Waals surface area contributed by atoms with Gasteiger partial charge in [0.25, 0.3) is 0 Å². The smallest absolute Gasteiger partial charge is 0.298 e. The van der Waals surface area contributed by atoms with Gasteiger partial charge >= 0.3 is 5.97 Å². The van der Waals surface area contributed by atoms with Gasteiger partial charge in [0.05, 0.1) is 6.42 Å². The van der Waals surface area contributed by atoms with Crippen LogP contribution in [0.4, 0.5) is 0 Å². The van der Waals surface area contributed by atoms with Gasteiger partial charge in [-0.15, -0.1) is 6.58 Å². The third kappa shape index (κ3) is 4.42. The van der Waals surface area contributed by atoms with Gasteiger partial charge in [0, 0.05) is 0 Å². The molecule has 80 valence electrons. The molecule has 1 fully saturated rings. The van der Waals surface area contributed by atoms with E-state index in [1.54, 1.807) is 6.08 Å². The zero-order valence-electron chi connectivity index (χ0n) is 8.54. The van der Waals surface area contributed by atoms with E-state index in [0.717, 1.165) is 12.8 Å². The molecule has 0 bridgehead atoms. The Bertz CT molecular complexity index is 183. The van der Waals surface area contributed by atoms with Crippen molar-refractivity contribution in [3.05, 3.63) is 12.7 Å². The van der Waals surface area contributed by atoms with Crippen molar-refractivity contribution in [2.45, 2.75) is 51.0 Å². The highest BCUT2D eigenvalue weighted by atomic mass is 17.2. The molecule has 0 unspecified atom stereocenters. The van der Waals surface area contributed by atoms with Crippen molar-refractivity contribution in [3.8, 4) is 0 Å². The van der Waals surface area contributed by atoms with E-state index in [1.807, 2.05) is 0 Å². The molecule has 0 aliphatic heterocycles. The number of carbonyl (C=O) groups excluding carboxylic acids is 1. The third-order valence-electron chi connectivity index (χ3n) is 2.38. The second-order valence-electron chi connectivity index (χ2n) is 3.64. The quantitative estimate of drug-likeness (QED) is 0.387. The van der Waals surface area contributed by atoms with Crippen LogP contribution in [-0.2, 0) is 14.6 Å². The Morgan fingerprint density at radius 3 is 2.71 bits per heavy atom. The highest BCUT2D eigenvalue weighted by Crippen LogP contribution is 2.20. The van der Waals surface area contributed by atoms with Crippen LogP contribution in [0.5, 0.6) is 0 Å². The lowest BCUT2D eigenvalue weighted by Gasteiger charge is -2.19. The summed E-state index contributed by atoms with van der Waals surface area (Å²) in [4.78, 5) is 20.8. The molecule has 1 aliphatic rings. The predicted molar refractivity (Wildman–Crippen MR) is 53.5 cm³/mol. The van der Waals surface area contributed by atoms with E-state index in [2.05, 4.69) is 6.58 Å². The van der Waals surface area contributed by atoms with E-state index in [4.69, 9.17) is 9.78 Å². The van der Waals surface area contributed by atoms with Crippen LogP contribution in [0.25, 0.3) is 0 Å². The van der Waals surface area contributed by atoms with E-state index in [-0.39, 0.29) is 12.1 Å². The second-order valence-corrected chi connectivity index (χ2v) is 3.64. The molecule has 0 saturated heterocycles. The summed E-state index contributed by atoms with van der Waals surface area (Å²) in [5.74, 6) is -0.296. The maximum Gasteiger partial charge on any atom is 0.342 e. The minimum atomic E-state index is -0.296. The number of rotatable bonds is 5. The summed E-state index contributed by atoms with van der Waals surface area (Å²) in [5.41, 5.74) is 0. The van der Waals surface area contributed by atoms with Crippen molar-refractivity contribution < 1.29 is 14.6 Å². The van der Waals surface area contributed by atoms with Crippen LogP contribution in [0.1, 0.15) is 44.9 Å². The molecule has 1 aliphatic carbocycles. The van der Waals surface area contributed by atoms with Crippen LogP contribution in [0, 0.1) is 0 Å². The first-order valence-corrected chi connectivity index (χ1v) is 5.30. The molecule has 0 aromatic carbocycles. The Labute approximate surface area is 85.0 Å². The Morgan fingerprint density at radius 1 is 1.36 bits per heavy atom. The molecule has 0 aromatic rings. The van der Waals surface area contributed by atoms with Crippen molar-refractivity contribution >= 4 is 5.97 Å². The fourth-order valence-electron chi connectivity index (χ4n) is 1.54. The molecule has 0 heterocycles. The van der Waals surface area contributed by atoms with Crippen molar-refractivity contribution in [1.29, 1.82) is 0 Å². The molecule has 0 aromatic heterocycles. The van der Waals surface area contributed by atoms with Crippen molar-refractivity contribution in [2.75, 3.05) is 0 Å². The molecule has 0 N–H and O–H groups in total. The molecule has 0 spiro atoms. The average molecular weight is 198 g/mol. The standard InChI is InChI=1S/C11H18O3/c1-2-3-9-11(12)14-13-10-7-5-4-6-8-10/h2,10H,1,3-9H2. The summed E-state index contributed by atoms with van der Waals surface area (Å²) in [7, 11) is 0. The fourth-order valence-corrected chi connectivity index (χ4v) is 1.54. The van der Waals surface area contributed by atoms with Gasteiger partial charge in [0.2, 0.25) is 0 Å². The van der Waals surface area contributed by atoms with Crippen molar-refractivity contribution in [3.63, 3.8) is 0 Å². The average Bonchev–Trinajstić information content (AvgIpc) is 2.25. The summed E-state index contributed by atoms with van der Waals surface area (Å²) in [6, 6.07) is 0. The van der Waals surface area contributed by atoms with Gasteiger partial charge in [-0.25, -0.2) is 4.79 Å². The molecule has 0 atom stereocenters. The van der Waals surface area contributed by atoms with E-state index in [9.17, 15) is 4.79 Å². The summed E-state index contributed by atoms with van der Waals surface area (Å²) < 4.78 is 0. The molecule has 3 nitrogen and oxygen atoms in total. The molecule has 0 amide bonds. The summed E-state index contributed by atoms with van der Waals surface area (Å²) >= 11 is 0. The summed E-state index contributed by atoms with van der Waals surface area (Å²) in [6.45, 7) is 3.53. The van der Waals surface area contributed by atoms with Crippen LogP contribution in [0.3, 0.4) is 0 Å². The lowest BCUT2D eigenvalue weighted by Crippen LogP contribution is -2.19. The largest absolute Gasteiger partial charge is 0.342 e. The fraction of sp³-hybridized carbons (Fsp3) is 0.727. The normalized spacial score (nSPS) is 17.7. The van der Waals surface area contributed by atoms with Gasteiger partial charge in [0.1, 0.15) is 6.10 Å². The first-order valence-electron chi connectivity index (χ1n) is 5.30. The molecular formula is C11H18O3. The van der Waals surface area contributed by atoms with Gasteiger partial charge in [-0.2, -0.15) is 4.89 Å². The maximum absolute atomic E-state index is 11.0. The Morgan fingerprint density at radius 2 is 2.07 bits per heavy atom. The molecule has 1 rings (SSSR count). The minimum Gasteiger partial charge on any atom is -0.298 e.